The number of hydrogen-bond acceptors (Lipinski definition) is 3. The van der Waals surface area contributed by atoms with Gasteiger partial charge in [-0.25, -0.2) is 0 Å². The SMILES string of the molecule is CC1(C)CCCC(C)(C)N1OCCC#N. The van der Waals surface area contributed by atoms with Crippen molar-refractivity contribution in [2.45, 2.75) is 64.5 Å². The largest absolute Gasteiger partial charge is 0.297 e. The standard InChI is InChI=1S/C12H22N2O/c1-11(2)7-5-8-12(3,4)14(11)15-10-6-9-13/h5-8,10H2,1-4H3. The van der Waals surface area contributed by atoms with Crippen molar-refractivity contribution in [3.05, 3.63) is 0 Å². The first-order chi connectivity index (χ1) is 6.90. The van der Waals surface area contributed by atoms with Gasteiger partial charge in [-0.15, -0.1) is 0 Å². The third kappa shape index (κ3) is 2.93. The van der Waals surface area contributed by atoms with Crippen LogP contribution in [-0.4, -0.2) is 22.7 Å². The number of nitrogens with zero attached hydrogens (tertiary/aromatic N) is 2. The molecule has 3 heteroatoms. The molecule has 3 nitrogen and oxygen atoms in total. The summed E-state index contributed by atoms with van der Waals surface area (Å²) < 4.78 is 0. The number of nitriles is 1. The minimum Gasteiger partial charge on any atom is -0.297 e. The van der Waals surface area contributed by atoms with Gasteiger partial charge in [-0.3, -0.25) is 4.84 Å². The van der Waals surface area contributed by atoms with Crippen LogP contribution in [0.1, 0.15) is 53.4 Å². The van der Waals surface area contributed by atoms with E-state index in [1.165, 1.54) is 6.42 Å². The monoisotopic (exact) mass is 210 g/mol. The Morgan fingerprint density at radius 2 is 1.73 bits per heavy atom. The van der Waals surface area contributed by atoms with Gasteiger partial charge in [0, 0.05) is 11.1 Å². The van der Waals surface area contributed by atoms with E-state index in [0.29, 0.717) is 13.0 Å². The molecule has 15 heavy (non-hydrogen) atoms. The third-order valence-electron chi connectivity index (χ3n) is 3.11. The smallest absolute Gasteiger partial charge is 0.0815 e. The normalized spacial score (nSPS) is 24.7. The predicted octanol–water partition coefficient (Wildman–Crippen LogP) is 2.87. The summed E-state index contributed by atoms with van der Waals surface area (Å²) in [5.74, 6) is 0. The first kappa shape index (κ1) is 12.5. The summed E-state index contributed by atoms with van der Waals surface area (Å²) in [5.41, 5.74) is 0.161. The number of hydrogen-bond donors (Lipinski definition) is 0. The van der Waals surface area contributed by atoms with Crippen LogP contribution in [0.5, 0.6) is 0 Å². The van der Waals surface area contributed by atoms with Gasteiger partial charge in [-0.1, -0.05) is 0 Å². The molecule has 0 bridgehead atoms. The highest BCUT2D eigenvalue weighted by molar-refractivity contribution is 4.92. The lowest BCUT2D eigenvalue weighted by atomic mass is 9.82. The van der Waals surface area contributed by atoms with Crippen molar-refractivity contribution in [1.29, 1.82) is 5.26 Å². The van der Waals surface area contributed by atoms with Crippen molar-refractivity contribution in [3.8, 4) is 6.07 Å². The van der Waals surface area contributed by atoms with Crippen LogP contribution in [0.2, 0.25) is 0 Å². The zero-order valence-corrected chi connectivity index (χ0v) is 10.3. The summed E-state index contributed by atoms with van der Waals surface area (Å²) >= 11 is 0. The molecule has 0 spiro atoms. The first-order valence-corrected chi connectivity index (χ1v) is 5.70. The van der Waals surface area contributed by atoms with Crippen molar-refractivity contribution in [2.24, 2.45) is 0 Å². The minimum absolute atomic E-state index is 0.0806. The zero-order chi connectivity index (χ0) is 11.5. The van der Waals surface area contributed by atoms with Gasteiger partial charge < -0.3 is 0 Å². The second kappa shape index (κ2) is 4.51. The van der Waals surface area contributed by atoms with Gasteiger partial charge in [-0.2, -0.15) is 10.3 Å². The van der Waals surface area contributed by atoms with E-state index in [-0.39, 0.29) is 11.1 Å². The molecular weight excluding hydrogens is 188 g/mol. The van der Waals surface area contributed by atoms with E-state index in [1.54, 1.807) is 0 Å². The van der Waals surface area contributed by atoms with Crippen LogP contribution in [0.4, 0.5) is 0 Å². The minimum atomic E-state index is 0.0806. The fourth-order valence-electron chi connectivity index (χ4n) is 2.51. The molecule has 0 radical (unpaired) electrons. The topological polar surface area (TPSA) is 36.3 Å². The van der Waals surface area contributed by atoms with Crippen molar-refractivity contribution in [3.63, 3.8) is 0 Å². The summed E-state index contributed by atoms with van der Waals surface area (Å²) in [6, 6.07) is 2.11. The lowest BCUT2D eigenvalue weighted by molar-refractivity contribution is -0.279. The average molecular weight is 210 g/mol. The molecule has 1 aliphatic heterocycles. The molecule has 1 aliphatic rings. The zero-order valence-electron chi connectivity index (χ0n) is 10.3. The predicted molar refractivity (Wildman–Crippen MR) is 60.0 cm³/mol. The fraction of sp³-hybridized carbons (Fsp3) is 0.917. The molecule has 0 amide bonds. The molecule has 0 aliphatic carbocycles. The van der Waals surface area contributed by atoms with E-state index in [2.05, 4.69) is 38.8 Å². The molecule has 1 heterocycles. The molecule has 0 unspecified atom stereocenters. The molecule has 1 saturated heterocycles. The summed E-state index contributed by atoms with van der Waals surface area (Å²) in [5, 5.41) is 10.6. The molecular formula is C12H22N2O. The Kier molecular flexibility index (Phi) is 3.75. The quantitative estimate of drug-likeness (QED) is 0.672. The van der Waals surface area contributed by atoms with Crippen molar-refractivity contribution < 1.29 is 4.84 Å². The first-order valence-electron chi connectivity index (χ1n) is 5.70. The average Bonchev–Trinajstić information content (AvgIpc) is 2.09. The van der Waals surface area contributed by atoms with E-state index in [1.807, 2.05) is 0 Å². The van der Waals surface area contributed by atoms with Gasteiger partial charge in [-0.05, 0) is 47.0 Å². The Balaban J connectivity index is 2.65. The lowest BCUT2D eigenvalue weighted by Gasteiger charge is -2.51. The second-order valence-corrected chi connectivity index (χ2v) is 5.51. The van der Waals surface area contributed by atoms with E-state index in [4.69, 9.17) is 10.1 Å². The highest BCUT2D eigenvalue weighted by atomic mass is 16.7. The Morgan fingerprint density at radius 3 is 2.20 bits per heavy atom. The molecule has 0 atom stereocenters. The number of rotatable bonds is 3. The Morgan fingerprint density at radius 1 is 1.20 bits per heavy atom. The van der Waals surface area contributed by atoms with Crippen molar-refractivity contribution in [1.82, 2.24) is 5.06 Å². The van der Waals surface area contributed by atoms with Crippen molar-refractivity contribution in [2.75, 3.05) is 6.61 Å². The molecule has 1 fully saturated rings. The molecule has 0 aromatic rings. The summed E-state index contributed by atoms with van der Waals surface area (Å²) in [6.45, 7) is 9.34. The molecule has 1 rings (SSSR count). The Labute approximate surface area is 93.0 Å². The molecule has 86 valence electrons. The van der Waals surface area contributed by atoms with Gasteiger partial charge in [0.05, 0.1) is 19.1 Å². The fourth-order valence-corrected chi connectivity index (χ4v) is 2.51. The van der Waals surface area contributed by atoms with Crippen LogP contribution in [0.3, 0.4) is 0 Å². The Hall–Kier alpha value is -0.590. The van der Waals surface area contributed by atoms with Gasteiger partial charge in [0.2, 0.25) is 0 Å². The molecule has 0 aromatic heterocycles. The lowest BCUT2D eigenvalue weighted by Crippen LogP contribution is -2.58. The number of hydroxylamine groups is 2. The van der Waals surface area contributed by atoms with E-state index in [9.17, 15) is 0 Å². The van der Waals surface area contributed by atoms with Gasteiger partial charge in [0.15, 0.2) is 0 Å². The van der Waals surface area contributed by atoms with Gasteiger partial charge in [0.25, 0.3) is 0 Å². The van der Waals surface area contributed by atoms with E-state index < -0.39 is 0 Å². The maximum atomic E-state index is 8.51. The van der Waals surface area contributed by atoms with Crippen LogP contribution in [0.15, 0.2) is 0 Å². The van der Waals surface area contributed by atoms with E-state index >= 15 is 0 Å². The van der Waals surface area contributed by atoms with E-state index in [0.717, 1.165) is 12.8 Å². The highest BCUT2D eigenvalue weighted by Gasteiger charge is 2.42. The highest BCUT2D eigenvalue weighted by Crippen LogP contribution is 2.38. The molecule has 0 aromatic carbocycles. The molecule has 0 saturated carbocycles. The van der Waals surface area contributed by atoms with Crippen LogP contribution in [0, 0.1) is 11.3 Å². The third-order valence-corrected chi connectivity index (χ3v) is 3.11. The van der Waals surface area contributed by atoms with Gasteiger partial charge in [0.1, 0.15) is 0 Å². The summed E-state index contributed by atoms with van der Waals surface area (Å²) in [4.78, 5) is 5.76. The van der Waals surface area contributed by atoms with Crippen molar-refractivity contribution >= 4 is 0 Å². The summed E-state index contributed by atoms with van der Waals surface area (Å²) in [6.07, 6.45) is 4.02. The molecule has 0 N–H and O–H groups in total. The summed E-state index contributed by atoms with van der Waals surface area (Å²) in [7, 11) is 0. The second-order valence-electron chi connectivity index (χ2n) is 5.51. The maximum Gasteiger partial charge on any atom is 0.0815 e. The maximum absolute atomic E-state index is 8.51. The Bertz CT molecular complexity index is 237. The van der Waals surface area contributed by atoms with Crippen LogP contribution >= 0.6 is 0 Å². The number of piperidine rings is 1. The van der Waals surface area contributed by atoms with Crippen LogP contribution in [-0.2, 0) is 4.84 Å². The van der Waals surface area contributed by atoms with Crippen LogP contribution < -0.4 is 0 Å². The van der Waals surface area contributed by atoms with Crippen LogP contribution in [0.25, 0.3) is 0 Å². The van der Waals surface area contributed by atoms with Gasteiger partial charge >= 0.3 is 0 Å².